The summed E-state index contributed by atoms with van der Waals surface area (Å²) in [6.07, 6.45) is 0. The lowest BCUT2D eigenvalue weighted by atomic mass is 9.94. The van der Waals surface area contributed by atoms with Crippen LogP contribution in [0.1, 0.15) is 21.5 Å². The quantitative estimate of drug-likeness (QED) is 0.877. The molecule has 0 fully saturated rings. The van der Waals surface area contributed by atoms with E-state index in [1.807, 2.05) is 12.1 Å². The number of carboxylic acids is 1. The molecule has 0 amide bonds. The number of carboxylic acid groups (broad SMARTS) is 1. The molecule has 0 aliphatic heterocycles. The van der Waals surface area contributed by atoms with Crippen molar-refractivity contribution in [1.82, 2.24) is 0 Å². The lowest BCUT2D eigenvalue weighted by Crippen LogP contribution is -2.05. The van der Waals surface area contributed by atoms with Gasteiger partial charge in [0.25, 0.3) is 0 Å². The van der Waals surface area contributed by atoms with Crippen molar-refractivity contribution in [3.05, 3.63) is 41.0 Å². The number of nitriles is 1. The van der Waals surface area contributed by atoms with E-state index < -0.39 is 5.97 Å². The maximum Gasteiger partial charge on any atom is 0.340 e. The first kappa shape index (κ1) is 11.9. The lowest BCUT2D eigenvalue weighted by Gasteiger charge is -2.13. The number of nitrogens with zero attached hydrogens (tertiary/aromatic N) is 1. The summed E-state index contributed by atoms with van der Waals surface area (Å²) < 4.78 is 5.11. The van der Waals surface area contributed by atoms with Crippen LogP contribution in [0.3, 0.4) is 0 Å². The van der Waals surface area contributed by atoms with Crippen LogP contribution in [0, 0.1) is 18.3 Å². The molecule has 2 rings (SSSR count). The van der Waals surface area contributed by atoms with Crippen molar-refractivity contribution >= 4 is 16.7 Å². The minimum atomic E-state index is -1.10. The van der Waals surface area contributed by atoms with Crippen molar-refractivity contribution < 1.29 is 14.6 Å². The second-order valence-corrected chi connectivity index (χ2v) is 3.87. The summed E-state index contributed by atoms with van der Waals surface area (Å²) in [6, 6.07) is 9.11. The molecule has 4 nitrogen and oxygen atoms in total. The van der Waals surface area contributed by atoms with E-state index in [4.69, 9.17) is 4.74 Å². The Balaban J connectivity index is 3.07. The Kier molecular flexibility index (Phi) is 2.90. The fourth-order valence-corrected chi connectivity index (χ4v) is 2.13. The summed E-state index contributed by atoms with van der Waals surface area (Å²) in [7, 11) is 1.37. The number of rotatable bonds is 2. The summed E-state index contributed by atoms with van der Waals surface area (Å²) in [5, 5.41) is 19.8. The molecule has 0 saturated heterocycles. The highest BCUT2D eigenvalue weighted by Crippen LogP contribution is 2.35. The van der Waals surface area contributed by atoms with E-state index >= 15 is 0 Å². The summed E-state index contributed by atoms with van der Waals surface area (Å²) >= 11 is 0. The SMILES string of the molecule is COc1c(C#N)c(C)c2ccccc2c1C(=O)O. The lowest BCUT2D eigenvalue weighted by molar-refractivity contribution is 0.0695. The number of aromatic carboxylic acids is 1. The Labute approximate surface area is 104 Å². The standard InChI is InChI=1S/C14H11NO3/c1-8-9-5-3-4-6-10(9)12(14(16)17)13(18-2)11(8)7-15/h3-6H,1-2H3,(H,16,17). The summed E-state index contributed by atoms with van der Waals surface area (Å²) in [5.74, 6) is -0.972. The van der Waals surface area contributed by atoms with E-state index in [1.54, 1.807) is 25.1 Å². The average molecular weight is 241 g/mol. The van der Waals surface area contributed by atoms with Crippen molar-refractivity contribution in [3.8, 4) is 11.8 Å². The first-order valence-corrected chi connectivity index (χ1v) is 5.34. The maximum atomic E-state index is 11.4. The molecule has 0 aromatic heterocycles. The van der Waals surface area contributed by atoms with Crippen LogP contribution in [0.4, 0.5) is 0 Å². The van der Waals surface area contributed by atoms with Crippen LogP contribution in [-0.4, -0.2) is 18.2 Å². The van der Waals surface area contributed by atoms with Gasteiger partial charge in [-0.05, 0) is 17.9 Å². The summed E-state index contributed by atoms with van der Waals surface area (Å²) in [5.41, 5.74) is 1.04. The molecule has 4 heteroatoms. The van der Waals surface area contributed by atoms with Gasteiger partial charge in [-0.15, -0.1) is 0 Å². The third kappa shape index (κ3) is 1.57. The van der Waals surface area contributed by atoms with Crippen LogP contribution in [-0.2, 0) is 0 Å². The number of fused-ring (bicyclic) bond motifs is 1. The van der Waals surface area contributed by atoms with Gasteiger partial charge < -0.3 is 9.84 Å². The van der Waals surface area contributed by atoms with Crippen LogP contribution in [0.5, 0.6) is 5.75 Å². The monoisotopic (exact) mass is 241 g/mol. The van der Waals surface area contributed by atoms with Crippen LogP contribution in [0.2, 0.25) is 0 Å². The normalized spacial score (nSPS) is 10.1. The van der Waals surface area contributed by atoms with Crippen molar-refractivity contribution in [1.29, 1.82) is 5.26 Å². The van der Waals surface area contributed by atoms with Gasteiger partial charge in [0.15, 0.2) is 5.75 Å². The highest BCUT2D eigenvalue weighted by atomic mass is 16.5. The fourth-order valence-electron chi connectivity index (χ4n) is 2.13. The fraction of sp³-hybridized carbons (Fsp3) is 0.143. The van der Waals surface area contributed by atoms with Gasteiger partial charge in [-0.2, -0.15) is 5.26 Å². The number of carbonyl (C=O) groups is 1. The minimum absolute atomic E-state index is 0.0373. The zero-order valence-corrected chi connectivity index (χ0v) is 10.0. The molecule has 0 spiro atoms. The second kappa shape index (κ2) is 4.38. The third-order valence-electron chi connectivity index (χ3n) is 2.96. The van der Waals surface area contributed by atoms with Crippen LogP contribution in [0.15, 0.2) is 24.3 Å². The molecule has 2 aromatic rings. The topological polar surface area (TPSA) is 70.3 Å². The molecule has 0 saturated carbocycles. The number of aryl methyl sites for hydroxylation is 1. The first-order chi connectivity index (χ1) is 8.61. The molecule has 0 bridgehead atoms. The van der Waals surface area contributed by atoms with Gasteiger partial charge in [-0.3, -0.25) is 0 Å². The first-order valence-electron chi connectivity index (χ1n) is 5.34. The van der Waals surface area contributed by atoms with E-state index in [-0.39, 0.29) is 16.9 Å². The van der Waals surface area contributed by atoms with Crippen molar-refractivity contribution in [2.24, 2.45) is 0 Å². The molecule has 18 heavy (non-hydrogen) atoms. The van der Waals surface area contributed by atoms with E-state index in [0.717, 1.165) is 10.9 Å². The third-order valence-corrected chi connectivity index (χ3v) is 2.96. The molecule has 90 valence electrons. The summed E-state index contributed by atoms with van der Waals surface area (Å²) in [4.78, 5) is 11.4. The molecule has 0 aliphatic carbocycles. The average Bonchev–Trinajstić information content (AvgIpc) is 2.38. The molecular formula is C14H11NO3. The zero-order chi connectivity index (χ0) is 13.3. The predicted octanol–water partition coefficient (Wildman–Crippen LogP) is 2.73. The molecule has 0 unspecified atom stereocenters. The number of ether oxygens (including phenoxy) is 1. The Morgan fingerprint density at radius 3 is 2.44 bits per heavy atom. The molecule has 0 aliphatic rings. The van der Waals surface area contributed by atoms with E-state index in [9.17, 15) is 15.2 Å². The van der Waals surface area contributed by atoms with Gasteiger partial charge in [0.05, 0.1) is 12.7 Å². The Hall–Kier alpha value is -2.54. The second-order valence-electron chi connectivity index (χ2n) is 3.87. The van der Waals surface area contributed by atoms with Crippen LogP contribution in [0.25, 0.3) is 10.8 Å². The molecule has 0 radical (unpaired) electrons. The Morgan fingerprint density at radius 2 is 1.94 bits per heavy atom. The number of methoxy groups -OCH3 is 1. The molecule has 0 heterocycles. The molecule has 0 atom stereocenters. The minimum Gasteiger partial charge on any atom is -0.494 e. The zero-order valence-electron chi connectivity index (χ0n) is 10.0. The van der Waals surface area contributed by atoms with Crippen molar-refractivity contribution in [2.45, 2.75) is 6.92 Å². The highest BCUT2D eigenvalue weighted by molar-refractivity contribution is 6.08. The molecule has 1 N–H and O–H groups in total. The largest absolute Gasteiger partial charge is 0.494 e. The van der Waals surface area contributed by atoms with Gasteiger partial charge in [-0.1, -0.05) is 24.3 Å². The predicted molar refractivity (Wildman–Crippen MR) is 66.9 cm³/mol. The number of hydrogen-bond donors (Lipinski definition) is 1. The van der Waals surface area contributed by atoms with E-state index in [2.05, 4.69) is 0 Å². The smallest absolute Gasteiger partial charge is 0.340 e. The van der Waals surface area contributed by atoms with E-state index in [1.165, 1.54) is 7.11 Å². The van der Waals surface area contributed by atoms with E-state index in [0.29, 0.717) is 5.39 Å². The van der Waals surface area contributed by atoms with Gasteiger partial charge in [0, 0.05) is 5.39 Å². The highest BCUT2D eigenvalue weighted by Gasteiger charge is 2.22. The van der Waals surface area contributed by atoms with Gasteiger partial charge in [0.2, 0.25) is 0 Å². The van der Waals surface area contributed by atoms with Crippen molar-refractivity contribution in [2.75, 3.05) is 7.11 Å². The molecule has 2 aromatic carbocycles. The Bertz CT molecular complexity index is 683. The summed E-state index contributed by atoms with van der Waals surface area (Å²) in [6.45, 7) is 1.79. The van der Waals surface area contributed by atoms with Crippen LogP contribution >= 0.6 is 0 Å². The maximum absolute atomic E-state index is 11.4. The van der Waals surface area contributed by atoms with Gasteiger partial charge >= 0.3 is 5.97 Å². The van der Waals surface area contributed by atoms with Crippen LogP contribution < -0.4 is 4.74 Å². The van der Waals surface area contributed by atoms with Gasteiger partial charge in [0.1, 0.15) is 11.6 Å². The molecular weight excluding hydrogens is 230 g/mol. The number of benzene rings is 2. The van der Waals surface area contributed by atoms with Crippen molar-refractivity contribution in [3.63, 3.8) is 0 Å². The van der Waals surface area contributed by atoms with Gasteiger partial charge in [-0.25, -0.2) is 4.79 Å². The Morgan fingerprint density at radius 1 is 1.33 bits per heavy atom. The number of hydrogen-bond acceptors (Lipinski definition) is 3.